The summed E-state index contributed by atoms with van der Waals surface area (Å²) < 4.78 is 19.1. The summed E-state index contributed by atoms with van der Waals surface area (Å²) in [7, 11) is 3.87. The van der Waals surface area contributed by atoms with Crippen molar-refractivity contribution in [3.8, 4) is 11.5 Å². The first-order valence-corrected chi connectivity index (χ1v) is 5.56. The van der Waals surface area contributed by atoms with Crippen LogP contribution in [0.3, 0.4) is 0 Å². The zero-order chi connectivity index (χ0) is 13.1. The predicted molar refractivity (Wildman–Crippen MR) is 71.7 cm³/mol. The Morgan fingerprint density at radius 1 is 1.11 bits per heavy atom. The molecule has 0 radical (unpaired) electrons. The highest BCUT2D eigenvalue weighted by Gasteiger charge is 2.06. The van der Waals surface area contributed by atoms with Crippen molar-refractivity contribution in [1.29, 1.82) is 0 Å². The standard InChI is InChI=1S/C14H15FN2O/c1-17(2)11-4-3-5-12(9-11)18-14-7-6-10(16)8-13(14)15/h3-9H,16H2,1-2H3. The summed E-state index contributed by atoms with van der Waals surface area (Å²) in [5.41, 5.74) is 6.85. The second-order valence-corrected chi connectivity index (χ2v) is 4.18. The minimum atomic E-state index is -0.467. The van der Waals surface area contributed by atoms with Gasteiger partial charge in [-0.05, 0) is 24.3 Å². The maximum atomic E-state index is 13.6. The molecule has 0 amide bonds. The van der Waals surface area contributed by atoms with Gasteiger partial charge in [0.2, 0.25) is 0 Å². The first kappa shape index (κ1) is 12.2. The van der Waals surface area contributed by atoms with E-state index in [1.165, 1.54) is 12.1 Å². The monoisotopic (exact) mass is 246 g/mol. The Morgan fingerprint density at radius 2 is 1.89 bits per heavy atom. The van der Waals surface area contributed by atoms with Crippen LogP contribution < -0.4 is 15.4 Å². The van der Waals surface area contributed by atoms with Gasteiger partial charge < -0.3 is 15.4 Å². The molecule has 94 valence electrons. The first-order chi connectivity index (χ1) is 8.56. The maximum absolute atomic E-state index is 13.6. The average Bonchev–Trinajstić information content (AvgIpc) is 2.33. The highest BCUT2D eigenvalue weighted by molar-refractivity contribution is 5.51. The van der Waals surface area contributed by atoms with E-state index in [1.54, 1.807) is 12.1 Å². The van der Waals surface area contributed by atoms with E-state index >= 15 is 0 Å². The van der Waals surface area contributed by atoms with Crippen molar-refractivity contribution in [2.75, 3.05) is 24.7 Å². The highest BCUT2D eigenvalue weighted by atomic mass is 19.1. The molecule has 0 aromatic heterocycles. The van der Waals surface area contributed by atoms with E-state index in [4.69, 9.17) is 10.5 Å². The van der Waals surface area contributed by atoms with E-state index in [-0.39, 0.29) is 5.75 Å². The average molecular weight is 246 g/mol. The Kier molecular flexibility index (Phi) is 3.37. The fraction of sp³-hybridized carbons (Fsp3) is 0.143. The summed E-state index contributed by atoms with van der Waals surface area (Å²) in [6.45, 7) is 0. The fourth-order valence-electron chi connectivity index (χ4n) is 1.55. The third-order valence-corrected chi connectivity index (χ3v) is 2.52. The number of benzene rings is 2. The van der Waals surface area contributed by atoms with Crippen molar-refractivity contribution in [2.45, 2.75) is 0 Å². The van der Waals surface area contributed by atoms with Gasteiger partial charge in [0.05, 0.1) is 0 Å². The first-order valence-electron chi connectivity index (χ1n) is 5.56. The molecular formula is C14H15FN2O. The quantitative estimate of drug-likeness (QED) is 0.845. The minimum Gasteiger partial charge on any atom is -0.454 e. The molecule has 0 saturated carbocycles. The molecule has 3 nitrogen and oxygen atoms in total. The van der Waals surface area contributed by atoms with Crippen molar-refractivity contribution in [3.05, 3.63) is 48.3 Å². The summed E-state index contributed by atoms with van der Waals surface area (Å²) in [4.78, 5) is 1.95. The van der Waals surface area contributed by atoms with Crippen LogP contribution in [-0.2, 0) is 0 Å². The molecule has 0 spiro atoms. The van der Waals surface area contributed by atoms with Crippen LogP contribution in [0.4, 0.5) is 15.8 Å². The van der Waals surface area contributed by atoms with Crippen LogP contribution in [0.15, 0.2) is 42.5 Å². The predicted octanol–water partition coefficient (Wildman–Crippen LogP) is 3.27. The number of rotatable bonds is 3. The summed E-state index contributed by atoms with van der Waals surface area (Å²) in [5, 5.41) is 0. The molecule has 2 N–H and O–H groups in total. The Morgan fingerprint density at radius 3 is 2.56 bits per heavy atom. The van der Waals surface area contributed by atoms with Crippen LogP contribution in [0.2, 0.25) is 0 Å². The van der Waals surface area contributed by atoms with Crippen LogP contribution in [0.25, 0.3) is 0 Å². The van der Waals surface area contributed by atoms with Crippen molar-refractivity contribution in [1.82, 2.24) is 0 Å². The molecule has 2 rings (SSSR count). The van der Waals surface area contributed by atoms with E-state index in [1.807, 2.05) is 37.2 Å². The Labute approximate surface area is 106 Å². The van der Waals surface area contributed by atoms with Gasteiger partial charge in [0.15, 0.2) is 11.6 Å². The van der Waals surface area contributed by atoms with Gasteiger partial charge in [-0.15, -0.1) is 0 Å². The van der Waals surface area contributed by atoms with Gasteiger partial charge in [-0.25, -0.2) is 4.39 Å². The summed E-state index contributed by atoms with van der Waals surface area (Å²) >= 11 is 0. The molecule has 18 heavy (non-hydrogen) atoms. The zero-order valence-corrected chi connectivity index (χ0v) is 10.4. The number of nitrogen functional groups attached to an aromatic ring is 1. The van der Waals surface area contributed by atoms with Crippen LogP contribution in [0, 0.1) is 5.82 Å². The summed E-state index contributed by atoms with van der Waals surface area (Å²) in [6.07, 6.45) is 0. The van der Waals surface area contributed by atoms with Gasteiger partial charge in [0.25, 0.3) is 0 Å². The highest BCUT2D eigenvalue weighted by Crippen LogP contribution is 2.28. The SMILES string of the molecule is CN(C)c1cccc(Oc2ccc(N)cc2F)c1. The molecule has 0 bridgehead atoms. The van der Waals surface area contributed by atoms with E-state index < -0.39 is 5.82 Å². The van der Waals surface area contributed by atoms with Crippen LogP contribution in [0.5, 0.6) is 11.5 Å². The maximum Gasteiger partial charge on any atom is 0.167 e. The number of anilines is 2. The number of nitrogens with zero attached hydrogens (tertiary/aromatic N) is 1. The third-order valence-electron chi connectivity index (χ3n) is 2.52. The van der Waals surface area contributed by atoms with E-state index in [9.17, 15) is 4.39 Å². The minimum absolute atomic E-state index is 0.167. The molecule has 0 unspecified atom stereocenters. The van der Waals surface area contributed by atoms with Crippen molar-refractivity contribution >= 4 is 11.4 Å². The van der Waals surface area contributed by atoms with Gasteiger partial charge in [-0.3, -0.25) is 0 Å². The smallest absolute Gasteiger partial charge is 0.167 e. The molecule has 2 aromatic rings. The molecule has 0 heterocycles. The molecule has 0 atom stereocenters. The van der Waals surface area contributed by atoms with Crippen LogP contribution >= 0.6 is 0 Å². The van der Waals surface area contributed by atoms with Gasteiger partial charge in [0.1, 0.15) is 5.75 Å². The Bertz CT molecular complexity index is 555. The Balaban J connectivity index is 2.25. The van der Waals surface area contributed by atoms with Crippen LogP contribution in [0.1, 0.15) is 0 Å². The second kappa shape index (κ2) is 4.96. The number of ether oxygens (including phenoxy) is 1. The molecule has 0 aliphatic heterocycles. The lowest BCUT2D eigenvalue weighted by Gasteiger charge is -2.14. The zero-order valence-electron chi connectivity index (χ0n) is 10.4. The van der Waals surface area contributed by atoms with Gasteiger partial charge >= 0.3 is 0 Å². The largest absolute Gasteiger partial charge is 0.454 e. The second-order valence-electron chi connectivity index (χ2n) is 4.18. The Hall–Kier alpha value is -2.23. The lowest BCUT2D eigenvalue weighted by Crippen LogP contribution is -2.08. The van der Waals surface area contributed by atoms with Crippen molar-refractivity contribution in [3.63, 3.8) is 0 Å². The molecule has 0 saturated heterocycles. The molecule has 0 aliphatic rings. The lowest BCUT2D eigenvalue weighted by atomic mass is 10.2. The van der Waals surface area contributed by atoms with Gasteiger partial charge in [0, 0.05) is 37.6 Å². The molecule has 4 heteroatoms. The number of halogens is 1. The fourth-order valence-corrected chi connectivity index (χ4v) is 1.55. The molecule has 2 aromatic carbocycles. The molecule has 0 aliphatic carbocycles. The van der Waals surface area contributed by atoms with Gasteiger partial charge in [-0.1, -0.05) is 6.07 Å². The molecule has 0 fully saturated rings. The van der Waals surface area contributed by atoms with Gasteiger partial charge in [-0.2, -0.15) is 0 Å². The normalized spacial score (nSPS) is 10.2. The number of nitrogens with two attached hydrogens (primary N) is 1. The number of hydrogen-bond acceptors (Lipinski definition) is 3. The van der Waals surface area contributed by atoms with Crippen molar-refractivity contribution in [2.24, 2.45) is 0 Å². The summed E-state index contributed by atoms with van der Waals surface area (Å²) in [5.74, 6) is 0.287. The lowest BCUT2D eigenvalue weighted by molar-refractivity contribution is 0.442. The third kappa shape index (κ3) is 2.71. The van der Waals surface area contributed by atoms with E-state index in [0.29, 0.717) is 11.4 Å². The molecular weight excluding hydrogens is 231 g/mol. The topological polar surface area (TPSA) is 38.5 Å². The van der Waals surface area contributed by atoms with Crippen molar-refractivity contribution < 1.29 is 9.13 Å². The van der Waals surface area contributed by atoms with Crippen LogP contribution in [-0.4, -0.2) is 14.1 Å². The van der Waals surface area contributed by atoms with E-state index in [2.05, 4.69) is 0 Å². The summed E-state index contributed by atoms with van der Waals surface area (Å²) in [6, 6.07) is 11.8. The van der Waals surface area contributed by atoms with E-state index in [0.717, 1.165) is 5.69 Å². The number of hydrogen-bond donors (Lipinski definition) is 1.